The lowest BCUT2D eigenvalue weighted by molar-refractivity contribution is 0.311. The van der Waals surface area contributed by atoms with Gasteiger partial charge in [-0.1, -0.05) is 36.4 Å². The number of nitriles is 1. The van der Waals surface area contributed by atoms with E-state index < -0.39 is 0 Å². The van der Waals surface area contributed by atoms with E-state index in [1.807, 2.05) is 55.5 Å². The predicted molar refractivity (Wildman–Crippen MR) is 83.3 cm³/mol. The van der Waals surface area contributed by atoms with Gasteiger partial charge in [-0.25, -0.2) is 0 Å². The van der Waals surface area contributed by atoms with Crippen LogP contribution in [0.2, 0.25) is 0 Å². The average Bonchev–Trinajstić information content (AvgIpc) is 2.54. The minimum absolute atomic E-state index is 0.558. The number of methoxy groups -OCH3 is 1. The number of hydrogen-bond acceptors (Lipinski definition) is 3. The van der Waals surface area contributed by atoms with Gasteiger partial charge < -0.3 is 9.47 Å². The minimum Gasteiger partial charge on any atom is -0.493 e. The van der Waals surface area contributed by atoms with Crippen LogP contribution < -0.4 is 9.47 Å². The van der Waals surface area contributed by atoms with Gasteiger partial charge >= 0.3 is 0 Å². The fraction of sp³-hybridized carbons (Fsp3) is 0.167. The van der Waals surface area contributed by atoms with Crippen LogP contribution in [0.3, 0.4) is 0 Å². The van der Waals surface area contributed by atoms with Gasteiger partial charge in [-0.3, -0.25) is 0 Å². The Bertz CT molecular complexity index is 669. The standard InChI is InChI=1S/C18H17NO2/c1-3-21-18-13-15(9-10-17(18)20-2)16(11-12-19)14-7-5-4-6-8-14/h4-11,13H,3H2,1-2H3/b16-11+. The van der Waals surface area contributed by atoms with Crippen LogP contribution in [0.4, 0.5) is 0 Å². The molecular formula is C18H17NO2. The third-order valence-electron chi connectivity index (χ3n) is 3.07. The van der Waals surface area contributed by atoms with Crippen molar-refractivity contribution in [2.24, 2.45) is 0 Å². The maximum absolute atomic E-state index is 9.05. The molecule has 2 aromatic rings. The molecule has 0 aromatic heterocycles. The molecule has 0 bridgehead atoms. The van der Waals surface area contributed by atoms with Crippen LogP contribution in [0.5, 0.6) is 11.5 Å². The van der Waals surface area contributed by atoms with Gasteiger partial charge in [0.15, 0.2) is 11.5 Å². The Morgan fingerprint density at radius 2 is 1.86 bits per heavy atom. The highest BCUT2D eigenvalue weighted by atomic mass is 16.5. The lowest BCUT2D eigenvalue weighted by Gasteiger charge is -2.13. The fourth-order valence-electron chi connectivity index (χ4n) is 2.13. The molecule has 0 N–H and O–H groups in total. The highest BCUT2D eigenvalue weighted by Crippen LogP contribution is 2.32. The number of benzene rings is 2. The van der Waals surface area contributed by atoms with Gasteiger partial charge in [0.25, 0.3) is 0 Å². The van der Waals surface area contributed by atoms with Crippen molar-refractivity contribution in [3.63, 3.8) is 0 Å². The zero-order valence-corrected chi connectivity index (χ0v) is 12.2. The van der Waals surface area contributed by atoms with Crippen molar-refractivity contribution in [1.82, 2.24) is 0 Å². The third-order valence-corrected chi connectivity index (χ3v) is 3.07. The van der Waals surface area contributed by atoms with E-state index in [2.05, 4.69) is 6.07 Å². The summed E-state index contributed by atoms with van der Waals surface area (Å²) in [5.74, 6) is 1.36. The molecule has 0 aliphatic carbocycles. The van der Waals surface area contributed by atoms with E-state index in [0.717, 1.165) is 16.7 Å². The topological polar surface area (TPSA) is 42.2 Å². The molecule has 2 rings (SSSR count). The molecule has 3 nitrogen and oxygen atoms in total. The number of rotatable bonds is 5. The molecule has 21 heavy (non-hydrogen) atoms. The molecule has 2 aromatic carbocycles. The van der Waals surface area contributed by atoms with Gasteiger partial charge in [-0.05, 0) is 35.8 Å². The Hall–Kier alpha value is -2.73. The fourth-order valence-corrected chi connectivity index (χ4v) is 2.13. The Balaban J connectivity index is 2.50. The normalized spacial score (nSPS) is 10.8. The van der Waals surface area contributed by atoms with Gasteiger partial charge in [0, 0.05) is 6.08 Å². The van der Waals surface area contributed by atoms with Crippen molar-refractivity contribution < 1.29 is 9.47 Å². The second kappa shape index (κ2) is 7.16. The first-order valence-corrected chi connectivity index (χ1v) is 6.76. The lowest BCUT2D eigenvalue weighted by Crippen LogP contribution is -1.97. The highest BCUT2D eigenvalue weighted by molar-refractivity contribution is 5.82. The van der Waals surface area contributed by atoms with Crippen LogP contribution >= 0.6 is 0 Å². The zero-order chi connectivity index (χ0) is 15.1. The summed E-state index contributed by atoms with van der Waals surface area (Å²) < 4.78 is 10.9. The molecule has 0 amide bonds. The summed E-state index contributed by atoms with van der Waals surface area (Å²) in [6.45, 7) is 2.48. The smallest absolute Gasteiger partial charge is 0.161 e. The molecule has 106 valence electrons. The second-order valence-electron chi connectivity index (χ2n) is 4.35. The molecule has 3 heteroatoms. The molecule has 0 aliphatic rings. The largest absolute Gasteiger partial charge is 0.493 e. The number of nitrogens with zero attached hydrogens (tertiary/aromatic N) is 1. The van der Waals surface area contributed by atoms with E-state index in [1.54, 1.807) is 13.2 Å². The number of ether oxygens (including phenoxy) is 2. The van der Waals surface area contributed by atoms with Gasteiger partial charge in [0.05, 0.1) is 19.8 Å². The van der Waals surface area contributed by atoms with Crippen LogP contribution in [0.1, 0.15) is 18.1 Å². The molecule has 0 saturated carbocycles. The first-order valence-electron chi connectivity index (χ1n) is 6.76. The molecule has 0 aliphatic heterocycles. The van der Waals surface area contributed by atoms with Crippen molar-refractivity contribution in [1.29, 1.82) is 5.26 Å². The summed E-state index contributed by atoms with van der Waals surface area (Å²) in [5, 5.41) is 9.05. The highest BCUT2D eigenvalue weighted by Gasteiger charge is 2.10. The third kappa shape index (κ3) is 3.43. The summed E-state index contributed by atoms with van der Waals surface area (Å²) in [7, 11) is 1.61. The first kappa shape index (κ1) is 14.7. The Labute approximate surface area is 125 Å². The lowest BCUT2D eigenvalue weighted by atomic mass is 9.97. The Morgan fingerprint density at radius 1 is 1.10 bits per heavy atom. The van der Waals surface area contributed by atoms with Crippen LogP contribution in [0, 0.1) is 11.3 Å². The molecular weight excluding hydrogens is 262 g/mol. The SMILES string of the molecule is CCOc1cc(/C(=C/C#N)c2ccccc2)ccc1OC. The van der Waals surface area contributed by atoms with Gasteiger partial charge in [0.2, 0.25) is 0 Å². The van der Waals surface area contributed by atoms with E-state index in [4.69, 9.17) is 14.7 Å². The van der Waals surface area contributed by atoms with Gasteiger partial charge in [0.1, 0.15) is 0 Å². The van der Waals surface area contributed by atoms with E-state index in [9.17, 15) is 0 Å². The summed E-state index contributed by atoms with van der Waals surface area (Å²) in [4.78, 5) is 0. The van der Waals surface area contributed by atoms with Crippen LogP contribution in [0.15, 0.2) is 54.6 Å². The maximum atomic E-state index is 9.05. The first-order chi connectivity index (χ1) is 10.3. The molecule has 0 saturated heterocycles. The number of allylic oxidation sites excluding steroid dienone is 1. The quantitative estimate of drug-likeness (QED) is 0.775. The van der Waals surface area contributed by atoms with Crippen molar-refractivity contribution in [2.75, 3.05) is 13.7 Å². The van der Waals surface area contributed by atoms with Crippen molar-refractivity contribution >= 4 is 5.57 Å². The summed E-state index contributed by atoms with van der Waals surface area (Å²) >= 11 is 0. The molecule has 0 unspecified atom stereocenters. The summed E-state index contributed by atoms with van der Waals surface area (Å²) in [6, 6.07) is 17.6. The van der Waals surface area contributed by atoms with Gasteiger partial charge in [-0.2, -0.15) is 5.26 Å². The molecule has 0 fully saturated rings. The van der Waals surface area contributed by atoms with E-state index in [0.29, 0.717) is 18.1 Å². The van der Waals surface area contributed by atoms with Crippen LogP contribution in [0.25, 0.3) is 5.57 Å². The predicted octanol–water partition coefficient (Wildman–Crippen LogP) is 4.05. The van der Waals surface area contributed by atoms with Crippen LogP contribution in [-0.4, -0.2) is 13.7 Å². The maximum Gasteiger partial charge on any atom is 0.161 e. The van der Waals surface area contributed by atoms with Crippen molar-refractivity contribution in [3.8, 4) is 17.6 Å². The second-order valence-corrected chi connectivity index (χ2v) is 4.35. The average molecular weight is 279 g/mol. The van der Waals surface area contributed by atoms with Crippen molar-refractivity contribution in [3.05, 3.63) is 65.7 Å². The van der Waals surface area contributed by atoms with Crippen LogP contribution in [-0.2, 0) is 0 Å². The summed E-state index contributed by atoms with van der Waals surface area (Å²) in [5.41, 5.74) is 2.78. The van der Waals surface area contributed by atoms with E-state index in [1.165, 1.54) is 0 Å². The molecule has 0 spiro atoms. The Morgan fingerprint density at radius 3 is 2.48 bits per heavy atom. The van der Waals surface area contributed by atoms with E-state index in [-0.39, 0.29) is 0 Å². The van der Waals surface area contributed by atoms with Crippen molar-refractivity contribution in [2.45, 2.75) is 6.92 Å². The zero-order valence-electron chi connectivity index (χ0n) is 12.2. The molecule has 0 heterocycles. The molecule has 0 atom stereocenters. The summed E-state index contributed by atoms with van der Waals surface area (Å²) in [6.07, 6.45) is 1.55. The van der Waals surface area contributed by atoms with Gasteiger partial charge in [-0.15, -0.1) is 0 Å². The van der Waals surface area contributed by atoms with E-state index >= 15 is 0 Å². The molecule has 0 radical (unpaired) electrons. The Kier molecular flexibility index (Phi) is 5.00. The number of hydrogen-bond donors (Lipinski definition) is 0. The monoisotopic (exact) mass is 279 g/mol. The minimum atomic E-state index is 0.558.